The third-order valence-corrected chi connectivity index (χ3v) is 28.3. The third kappa shape index (κ3) is 17.4. The number of pyridine rings is 4. The van der Waals surface area contributed by atoms with Crippen LogP contribution in [0.1, 0.15) is 22.4 Å². The molecule has 0 saturated heterocycles. The Hall–Kier alpha value is -17.3. The van der Waals surface area contributed by atoms with E-state index in [0.29, 0.717) is 28.1 Å². The molecule has 0 fully saturated rings. The molecule has 640 valence electrons. The molecule has 16 aromatic carbocycles. The highest BCUT2D eigenvalue weighted by Gasteiger charge is 2.31. The van der Waals surface area contributed by atoms with E-state index in [1.165, 1.54) is 84.7 Å². The van der Waals surface area contributed by atoms with E-state index in [4.69, 9.17) is 5.26 Å². The lowest BCUT2D eigenvalue weighted by molar-refractivity contribution is 1.17. The second-order valence-electron chi connectivity index (χ2n) is 32.0. The topological polar surface area (TPSA) is 160 Å². The summed E-state index contributed by atoms with van der Waals surface area (Å²) in [6.07, 6.45) is 5.06. The normalized spacial score (nSPS) is 11.9. The number of anilines is 12. The van der Waals surface area contributed by atoms with Gasteiger partial charge in [0, 0.05) is 103 Å². The van der Waals surface area contributed by atoms with E-state index in [1.807, 2.05) is 120 Å². The Labute approximate surface area is 806 Å². The molecule has 0 N–H and O–H groups in total. The molecule has 4 aliphatic heterocycles. The van der Waals surface area contributed by atoms with Crippen molar-refractivity contribution in [1.82, 2.24) is 19.9 Å². The molecule has 0 unspecified atom stereocenters. The van der Waals surface area contributed by atoms with Crippen LogP contribution >= 0.6 is 47.0 Å². The summed E-state index contributed by atoms with van der Waals surface area (Å²) in [5.74, 6) is 0. The highest BCUT2D eigenvalue weighted by molar-refractivity contribution is 8.00. The van der Waals surface area contributed by atoms with Gasteiger partial charge in [-0.05, 0) is 239 Å². The van der Waals surface area contributed by atoms with E-state index in [0.717, 1.165) is 107 Å². The van der Waals surface area contributed by atoms with Gasteiger partial charge < -0.3 is 19.6 Å². The Kier molecular flexibility index (Phi) is 24.5. The van der Waals surface area contributed by atoms with Crippen molar-refractivity contribution in [2.75, 3.05) is 19.6 Å². The minimum absolute atomic E-state index is 0.417. The molecule has 0 spiro atoms. The summed E-state index contributed by atoms with van der Waals surface area (Å²) in [5, 5.41) is 37.4. The molecule has 12 nitrogen and oxygen atoms in total. The Morgan fingerprint density at radius 1 is 0.206 bits per heavy atom. The van der Waals surface area contributed by atoms with E-state index in [9.17, 15) is 15.8 Å². The molecule has 0 atom stereocenters. The number of benzene rings is 16. The number of para-hydroxylation sites is 8. The van der Waals surface area contributed by atoms with Gasteiger partial charge in [0.1, 0.15) is 23.9 Å². The van der Waals surface area contributed by atoms with Crippen molar-refractivity contribution in [3.05, 3.63) is 484 Å². The third-order valence-electron chi connectivity index (χ3n) is 23.8. The van der Waals surface area contributed by atoms with Crippen LogP contribution in [0.2, 0.25) is 0 Å². The first-order chi connectivity index (χ1) is 67.3. The molecule has 4 aromatic heterocycles. The summed E-state index contributed by atoms with van der Waals surface area (Å²) in [6.45, 7) is 0. The fourth-order valence-electron chi connectivity index (χ4n) is 17.6. The van der Waals surface area contributed by atoms with Crippen LogP contribution in [0.3, 0.4) is 0 Å². The minimum Gasteiger partial charge on any atom is -0.308 e. The SMILES string of the molecule is N#Cc1ccc(-c2ccccc2-c2cccc(N3c4ccccc4Sc4ccccc43)c2)nc1.N#Cc1cccc(-c2ccccc2-c2cccc(N3c4ccccc4Sc4ccccc43)c2)n1.N#Cc1cccnc1-c1ccccc1-c1cccc(N2c3ccccc3Sc3ccccc32)c1.N#Cc1ccnc(-c2ccccc2-c2cccc(N3c4ccccc4Sc4ccccc43)c2)c1. The monoisotopic (exact) mass is 1810 g/mol. The largest absolute Gasteiger partial charge is 0.308 e. The van der Waals surface area contributed by atoms with Crippen LogP contribution in [0, 0.1) is 45.3 Å². The second-order valence-corrected chi connectivity index (χ2v) is 36.3. The van der Waals surface area contributed by atoms with Crippen molar-refractivity contribution in [3.8, 4) is 114 Å². The number of rotatable bonds is 12. The first-order valence-corrected chi connectivity index (χ1v) is 47.4. The zero-order valence-corrected chi connectivity index (χ0v) is 76.1. The Morgan fingerprint density at radius 3 is 0.860 bits per heavy atom. The predicted molar refractivity (Wildman–Crippen MR) is 555 cm³/mol. The van der Waals surface area contributed by atoms with Crippen LogP contribution in [-0.2, 0) is 0 Å². The Morgan fingerprint density at radius 2 is 0.522 bits per heavy atom. The smallest absolute Gasteiger partial charge is 0.141 e. The second kappa shape index (κ2) is 39.0. The Bertz CT molecular complexity index is 7730. The van der Waals surface area contributed by atoms with Crippen LogP contribution in [0.4, 0.5) is 68.2 Å². The van der Waals surface area contributed by atoms with Crippen molar-refractivity contribution < 1.29 is 0 Å². The summed E-state index contributed by atoms with van der Waals surface area (Å²) >= 11 is 7.23. The summed E-state index contributed by atoms with van der Waals surface area (Å²) in [6, 6.07) is 161. The number of nitriles is 4. The highest BCUT2D eigenvalue weighted by Crippen LogP contribution is 2.57. The average molecular weight is 1810 g/mol. The van der Waals surface area contributed by atoms with Crippen molar-refractivity contribution in [1.29, 1.82) is 21.0 Å². The van der Waals surface area contributed by atoms with Crippen LogP contribution in [0.25, 0.3) is 89.5 Å². The van der Waals surface area contributed by atoms with Crippen LogP contribution in [-0.4, -0.2) is 19.9 Å². The summed E-state index contributed by atoms with van der Waals surface area (Å²) in [7, 11) is 0. The highest BCUT2D eigenvalue weighted by atomic mass is 32.2. The van der Waals surface area contributed by atoms with E-state index in [1.54, 1.807) is 48.6 Å². The van der Waals surface area contributed by atoms with Gasteiger partial charge in [0.15, 0.2) is 0 Å². The number of hydrogen-bond donors (Lipinski definition) is 0. The average Bonchev–Trinajstić information content (AvgIpc) is 0.766. The molecule has 0 radical (unpaired) electrons. The van der Waals surface area contributed by atoms with Gasteiger partial charge in [-0.1, -0.05) is 296 Å². The fourth-order valence-corrected chi connectivity index (χ4v) is 21.9. The molecule has 0 amide bonds. The number of fused-ring (bicyclic) bond motifs is 8. The summed E-state index contributed by atoms with van der Waals surface area (Å²) in [4.78, 5) is 37.4. The molecule has 4 aliphatic rings. The van der Waals surface area contributed by atoms with E-state index in [-0.39, 0.29) is 0 Å². The van der Waals surface area contributed by atoms with Gasteiger partial charge in [0.05, 0.1) is 91.0 Å². The van der Waals surface area contributed by atoms with Crippen molar-refractivity contribution >= 4 is 115 Å². The van der Waals surface area contributed by atoms with Crippen molar-refractivity contribution in [3.63, 3.8) is 0 Å². The standard InChI is InChI=1S/4C30H19N3S/c31-20-22-10-8-14-26(32-22)25-13-2-1-12-24(25)21-9-7-11-23(19-21)33-27-15-3-5-17-29(27)34-30-18-6-4-16-28(30)33;31-20-22-10-8-18-32-30(22)25-13-2-1-12-24(25)21-9-7-11-23(19-21)33-26-14-3-5-16-28(26)34-29-17-6-4-15-27(29)33;31-19-21-16-17-26(32-20-21)25-11-2-1-10-24(25)22-8-7-9-23(18-22)33-27-12-3-5-14-29(27)34-30-15-6-4-13-28(30)33;31-20-21-16-17-32-26(18-21)25-11-2-1-10-24(25)22-8-7-9-23(19-22)33-27-12-3-5-14-29(27)34-30-15-6-4-13-28(30)33/h2*1-19H;1-18,20H;1-19H. The maximum atomic E-state index is 9.64. The zero-order valence-electron chi connectivity index (χ0n) is 72.9. The van der Waals surface area contributed by atoms with Gasteiger partial charge in [-0.25, -0.2) is 4.98 Å². The fraction of sp³-hybridized carbons (Fsp3) is 0. The molecule has 20 aromatic rings. The molecule has 8 heterocycles. The number of hydrogen-bond acceptors (Lipinski definition) is 16. The van der Waals surface area contributed by atoms with E-state index in [2.05, 4.69) is 404 Å². The van der Waals surface area contributed by atoms with Gasteiger partial charge in [-0.15, -0.1) is 0 Å². The zero-order chi connectivity index (χ0) is 91.6. The first-order valence-electron chi connectivity index (χ1n) is 44.2. The molecule has 0 bridgehead atoms. The van der Waals surface area contributed by atoms with E-state index >= 15 is 0 Å². The number of nitrogens with zero attached hydrogens (tertiary/aromatic N) is 12. The van der Waals surface area contributed by atoms with Crippen LogP contribution < -0.4 is 19.6 Å². The van der Waals surface area contributed by atoms with Gasteiger partial charge in [0.25, 0.3) is 0 Å². The minimum atomic E-state index is 0.417. The molecular formula is C120H76N12S4. The van der Waals surface area contributed by atoms with Crippen molar-refractivity contribution in [2.45, 2.75) is 39.2 Å². The first kappa shape index (κ1) is 85.5. The molecule has 136 heavy (non-hydrogen) atoms. The van der Waals surface area contributed by atoms with Crippen molar-refractivity contribution in [2.24, 2.45) is 0 Å². The molecule has 24 rings (SSSR count). The van der Waals surface area contributed by atoms with Gasteiger partial charge in [-0.3, -0.25) is 15.0 Å². The predicted octanol–water partition coefficient (Wildman–Crippen LogP) is 32.9. The molecule has 0 aliphatic carbocycles. The maximum absolute atomic E-state index is 9.64. The Balaban J connectivity index is 0.000000108. The summed E-state index contributed by atoms with van der Waals surface area (Å²) in [5.41, 5.74) is 31.9. The lowest BCUT2D eigenvalue weighted by Gasteiger charge is -2.33. The van der Waals surface area contributed by atoms with Crippen LogP contribution in [0.15, 0.2) is 501 Å². The molecular weight excluding hydrogens is 1740 g/mol. The summed E-state index contributed by atoms with van der Waals surface area (Å²) < 4.78 is 0. The van der Waals surface area contributed by atoms with Crippen LogP contribution in [0.5, 0.6) is 0 Å². The number of aromatic nitrogens is 4. The van der Waals surface area contributed by atoms with E-state index < -0.39 is 0 Å². The quantitative estimate of drug-likeness (QED) is 0.114. The maximum Gasteiger partial charge on any atom is 0.141 e. The lowest BCUT2D eigenvalue weighted by Crippen LogP contribution is -2.14. The molecule has 16 heteroatoms. The van der Waals surface area contributed by atoms with Gasteiger partial charge in [0.2, 0.25) is 0 Å². The molecule has 0 saturated carbocycles. The lowest BCUT2D eigenvalue weighted by atomic mass is 9.95. The van der Waals surface area contributed by atoms with Gasteiger partial charge in [-0.2, -0.15) is 21.0 Å². The van der Waals surface area contributed by atoms with Gasteiger partial charge >= 0.3 is 0 Å².